The number of rotatable bonds is 8. The van der Waals surface area contributed by atoms with Gasteiger partial charge >= 0.3 is 0 Å². The van der Waals surface area contributed by atoms with Gasteiger partial charge in [-0.3, -0.25) is 0 Å². The largest absolute Gasteiger partial charge is 0.351 e. The van der Waals surface area contributed by atoms with Crippen LogP contribution in [-0.2, 0) is 10.0 Å². The Labute approximate surface area is 195 Å². The normalized spacial score (nSPS) is 18.9. The van der Waals surface area contributed by atoms with E-state index in [9.17, 15) is 12.8 Å². The monoisotopic (exact) mass is 479 g/mol. The first kappa shape index (κ1) is 24.0. The molecule has 0 atom stereocenters. The number of sulfonamides is 1. The Morgan fingerprint density at radius 3 is 2.48 bits per heavy atom. The summed E-state index contributed by atoms with van der Waals surface area (Å²) in [6.45, 7) is 9.46. The molecule has 0 bridgehead atoms. The highest BCUT2D eigenvalue weighted by Gasteiger charge is 2.29. The van der Waals surface area contributed by atoms with Crippen LogP contribution in [0, 0.1) is 12.7 Å². The van der Waals surface area contributed by atoms with Crippen molar-refractivity contribution in [2.24, 2.45) is 0 Å². The van der Waals surface area contributed by atoms with E-state index in [2.05, 4.69) is 25.2 Å². The summed E-state index contributed by atoms with van der Waals surface area (Å²) in [7, 11) is -3.25. The van der Waals surface area contributed by atoms with Crippen molar-refractivity contribution in [1.82, 2.24) is 28.7 Å². The third kappa shape index (κ3) is 5.52. The van der Waals surface area contributed by atoms with E-state index in [0.717, 1.165) is 31.8 Å². The predicted molar refractivity (Wildman–Crippen MR) is 126 cm³/mol. The maximum absolute atomic E-state index is 14.6. The van der Waals surface area contributed by atoms with Crippen LogP contribution in [0.15, 0.2) is 12.4 Å². The first-order chi connectivity index (χ1) is 15.7. The van der Waals surface area contributed by atoms with Crippen LogP contribution in [0.1, 0.15) is 51.4 Å². The third-order valence-corrected chi connectivity index (χ3v) is 8.38. The van der Waals surface area contributed by atoms with Crippen LogP contribution in [-0.4, -0.2) is 81.7 Å². The quantitative estimate of drug-likeness (QED) is 0.622. The molecule has 0 aromatic carbocycles. The van der Waals surface area contributed by atoms with Gasteiger partial charge in [0.25, 0.3) is 0 Å². The molecule has 0 saturated carbocycles. The molecule has 0 spiro atoms. The number of anilines is 1. The summed E-state index contributed by atoms with van der Waals surface area (Å²) in [5.41, 5.74) is 0.827. The van der Waals surface area contributed by atoms with Crippen molar-refractivity contribution < 1.29 is 12.8 Å². The zero-order valence-corrected chi connectivity index (χ0v) is 20.5. The molecule has 11 heteroatoms. The van der Waals surface area contributed by atoms with Gasteiger partial charge in [0.1, 0.15) is 11.5 Å². The number of nitrogens with zero attached hydrogens (tertiary/aromatic N) is 6. The minimum atomic E-state index is -3.25. The van der Waals surface area contributed by atoms with Gasteiger partial charge in [0.05, 0.1) is 23.8 Å². The van der Waals surface area contributed by atoms with Gasteiger partial charge in [0.15, 0.2) is 5.82 Å². The summed E-state index contributed by atoms with van der Waals surface area (Å²) in [5.74, 6) is 0.821. The molecule has 4 heterocycles. The second-order valence-corrected chi connectivity index (χ2v) is 11.3. The van der Waals surface area contributed by atoms with Crippen LogP contribution in [0.25, 0.3) is 11.4 Å². The van der Waals surface area contributed by atoms with E-state index in [0.29, 0.717) is 44.1 Å². The van der Waals surface area contributed by atoms with Crippen molar-refractivity contribution in [3.05, 3.63) is 24.0 Å². The summed E-state index contributed by atoms with van der Waals surface area (Å²) in [6, 6.07) is 0.148. The average molecular weight is 480 g/mol. The third-order valence-electron chi connectivity index (χ3n) is 6.53. The lowest BCUT2D eigenvalue weighted by Crippen LogP contribution is -2.44. The second-order valence-electron chi connectivity index (χ2n) is 9.23. The van der Waals surface area contributed by atoms with E-state index in [1.54, 1.807) is 10.5 Å². The number of nitrogens with one attached hydrogen (secondary N) is 1. The number of hydrogen-bond donors (Lipinski definition) is 1. The Morgan fingerprint density at radius 1 is 1.12 bits per heavy atom. The van der Waals surface area contributed by atoms with Crippen LogP contribution in [0.3, 0.4) is 0 Å². The molecule has 4 rings (SSSR count). The summed E-state index contributed by atoms with van der Waals surface area (Å²) in [6.07, 6.45) is 6.43. The fraction of sp³-hybridized carbons (Fsp3) is 0.682. The number of hydrogen-bond acceptors (Lipinski definition) is 7. The number of halogens is 1. The molecule has 2 aromatic rings. The van der Waals surface area contributed by atoms with Crippen LogP contribution >= 0.6 is 0 Å². The van der Waals surface area contributed by atoms with Gasteiger partial charge in [-0.05, 0) is 59.5 Å². The molecule has 0 aliphatic carbocycles. The Bertz CT molecular complexity index is 1060. The second kappa shape index (κ2) is 10.0. The lowest BCUT2D eigenvalue weighted by Gasteiger charge is -2.32. The molecule has 182 valence electrons. The van der Waals surface area contributed by atoms with Gasteiger partial charge in [0.2, 0.25) is 16.0 Å². The molecule has 2 fully saturated rings. The maximum atomic E-state index is 14.6. The average Bonchev–Trinajstić information content (AvgIpc) is 3.44. The molecule has 2 aliphatic rings. The SMILES string of the molecule is Cc1ncc(-c2nc(NC3CCN(S(=O)(=O)CCN4CCCC4)CC3)ncc2F)n1C(C)C. The van der Waals surface area contributed by atoms with Crippen molar-refractivity contribution in [1.29, 1.82) is 0 Å². The van der Waals surface area contributed by atoms with E-state index >= 15 is 0 Å². The number of imidazole rings is 1. The zero-order chi connectivity index (χ0) is 23.6. The zero-order valence-electron chi connectivity index (χ0n) is 19.7. The van der Waals surface area contributed by atoms with Gasteiger partial charge in [-0.15, -0.1) is 0 Å². The van der Waals surface area contributed by atoms with Crippen molar-refractivity contribution in [3.63, 3.8) is 0 Å². The Kier molecular flexibility index (Phi) is 7.30. The highest BCUT2D eigenvalue weighted by atomic mass is 32.2. The molecule has 2 saturated heterocycles. The molecule has 0 amide bonds. The van der Waals surface area contributed by atoms with Gasteiger partial charge in [-0.25, -0.2) is 32.1 Å². The van der Waals surface area contributed by atoms with Gasteiger partial charge in [-0.1, -0.05) is 0 Å². The molecule has 9 nitrogen and oxygen atoms in total. The molecular weight excluding hydrogens is 445 g/mol. The number of aromatic nitrogens is 4. The summed E-state index contributed by atoms with van der Waals surface area (Å²) in [5, 5.41) is 3.27. The van der Waals surface area contributed by atoms with Gasteiger partial charge < -0.3 is 14.8 Å². The smallest absolute Gasteiger partial charge is 0.223 e. The molecule has 2 aromatic heterocycles. The van der Waals surface area contributed by atoms with Crippen LogP contribution in [0.2, 0.25) is 0 Å². The van der Waals surface area contributed by atoms with Gasteiger partial charge in [-0.2, -0.15) is 0 Å². The summed E-state index contributed by atoms with van der Waals surface area (Å²) >= 11 is 0. The van der Waals surface area contributed by atoms with E-state index < -0.39 is 15.8 Å². The number of piperidine rings is 1. The summed E-state index contributed by atoms with van der Waals surface area (Å²) < 4.78 is 43.6. The summed E-state index contributed by atoms with van der Waals surface area (Å²) in [4.78, 5) is 15.1. The predicted octanol–water partition coefficient (Wildman–Crippen LogP) is 2.67. The Balaban J connectivity index is 1.37. The standard InChI is InChI=1S/C22H34FN7O2S/c1-16(2)30-17(3)24-15-20(30)21-19(23)14-25-22(27-21)26-18-6-10-29(11-7-18)33(31,32)13-12-28-8-4-5-9-28/h14-16,18H,4-13H2,1-3H3,(H,25,26,27). The van der Waals surface area contributed by atoms with E-state index in [-0.39, 0.29) is 23.5 Å². The van der Waals surface area contributed by atoms with E-state index in [4.69, 9.17) is 0 Å². The fourth-order valence-corrected chi connectivity index (χ4v) is 6.25. The molecular formula is C22H34FN7O2S. The van der Waals surface area contributed by atoms with Gasteiger partial charge in [0, 0.05) is 31.7 Å². The van der Waals surface area contributed by atoms with Crippen molar-refractivity contribution in [2.75, 3.05) is 43.8 Å². The first-order valence-electron chi connectivity index (χ1n) is 11.8. The molecule has 33 heavy (non-hydrogen) atoms. The van der Waals surface area contributed by atoms with Crippen molar-refractivity contribution >= 4 is 16.0 Å². The number of likely N-dealkylation sites (tertiary alicyclic amines) is 1. The Morgan fingerprint density at radius 2 is 1.82 bits per heavy atom. The topological polar surface area (TPSA) is 96.2 Å². The Hall–Kier alpha value is -2.11. The lowest BCUT2D eigenvalue weighted by molar-refractivity contribution is 0.320. The maximum Gasteiger partial charge on any atom is 0.223 e. The van der Waals surface area contributed by atoms with E-state index in [1.807, 2.05) is 25.3 Å². The van der Waals surface area contributed by atoms with Crippen LogP contribution in [0.4, 0.5) is 10.3 Å². The highest BCUT2D eigenvalue weighted by Crippen LogP contribution is 2.26. The highest BCUT2D eigenvalue weighted by molar-refractivity contribution is 7.89. The van der Waals surface area contributed by atoms with Crippen molar-refractivity contribution in [3.8, 4) is 11.4 Å². The van der Waals surface area contributed by atoms with Crippen LogP contribution < -0.4 is 5.32 Å². The minimum absolute atomic E-state index is 0.0325. The molecule has 1 N–H and O–H groups in total. The molecule has 2 aliphatic heterocycles. The molecule has 0 unspecified atom stereocenters. The van der Waals surface area contributed by atoms with Crippen LogP contribution in [0.5, 0.6) is 0 Å². The lowest BCUT2D eigenvalue weighted by atomic mass is 10.1. The van der Waals surface area contributed by atoms with Crippen molar-refractivity contribution in [2.45, 2.75) is 58.5 Å². The minimum Gasteiger partial charge on any atom is -0.351 e. The van der Waals surface area contributed by atoms with E-state index in [1.165, 1.54) is 6.20 Å². The number of aryl methyl sites for hydroxylation is 1. The fourth-order valence-electron chi connectivity index (χ4n) is 4.74. The molecule has 0 radical (unpaired) electrons. The first-order valence-corrected chi connectivity index (χ1v) is 13.4.